The van der Waals surface area contributed by atoms with Crippen molar-refractivity contribution in [1.29, 1.82) is 0 Å². The summed E-state index contributed by atoms with van der Waals surface area (Å²) in [6.45, 7) is 4.42. The van der Waals surface area contributed by atoms with E-state index < -0.39 is 0 Å². The SMILES string of the molecule is CCCCCCCCC(=O)CCCCC=CC(=O)OCC. The molecule has 0 rings (SSSR count). The number of carbonyl (C=O) groups excluding carboxylic acids is 2. The molecule has 0 aromatic heterocycles. The van der Waals surface area contributed by atoms with Crippen molar-refractivity contribution in [3.63, 3.8) is 0 Å². The van der Waals surface area contributed by atoms with Crippen molar-refractivity contribution in [2.45, 2.75) is 84.5 Å². The first-order chi connectivity index (χ1) is 10.2. The van der Waals surface area contributed by atoms with E-state index in [1.54, 1.807) is 6.92 Å². The van der Waals surface area contributed by atoms with Gasteiger partial charge in [0.25, 0.3) is 0 Å². The fraction of sp³-hybridized carbons (Fsp3) is 0.778. The molecule has 0 unspecified atom stereocenters. The van der Waals surface area contributed by atoms with Crippen molar-refractivity contribution in [2.75, 3.05) is 6.61 Å². The molecular formula is C18H32O3. The third-order valence-corrected chi connectivity index (χ3v) is 3.43. The minimum absolute atomic E-state index is 0.281. The van der Waals surface area contributed by atoms with Crippen LogP contribution < -0.4 is 0 Å². The Morgan fingerprint density at radius 1 is 0.857 bits per heavy atom. The molecule has 0 atom stereocenters. The average Bonchev–Trinajstić information content (AvgIpc) is 2.46. The second-order valence-corrected chi connectivity index (χ2v) is 5.46. The second kappa shape index (κ2) is 15.3. The molecule has 0 aromatic carbocycles. The number of hydrogen-bond donors (Lipinski definition) is 0. The number of Topliss-reactive ketones (excluding diaryl/α,β-unsaturated/α-hetero) is 1. The summed E-state index contributed by atoms with van der Waals surface area (Å²) in [7, 11) is 0. The monoisotopic (exact) mass is 296 g/mol. The van der Waals surface area contributed by atoms with E-state index in [9.17, 15) is 9.59 Å². The number of esters is 1. The van der Waals surface area contributed by atoms with Gasteiger partial charge in [-0.2, -0.15) is 0 Å². The summed E-state index contributed by atoms with van der Waals surface area (Å²) in [6, 6.07) is 0. The van der Waals surface area contributed by atoms with Crippen molar-refractivity contribution in [2.24, 2.45) is 0 Å². The molecule has 0 radical (unpaired) electrons. The number of ether oxygens (including phenoxy) is 1. The third kappa shape index (κ3) is 15.1. The van der Waals surface area contributed by atoms with Gasteiger partial charge in [-0.25, -0.2) is 4.79 Å². The normalized spacial score (nSPS) is 11.0. The highest BCUT2D eigenvalue weighted by Gasteiger charge is 2.01. The lowest BCUT2D eigenvalue weighted by Crippen LogP contribution is -1.99. The minimum Gasteiger partial charge on any atom is -0.463 e. The Labute approximate surface area is 130 Å². The van der Waals surface area contributed by atoms with Crippen LogP contribution in [0.15, 0.2) is 12.2 Å². The lowest BCUT2D eigenvalue weighted by Gasteiger charge is -2.01. The molecule has 0 aliphatic carbocycles. The van der Waals surface area contributed by atoms with Crippen LogP contribution in [0.3, 0.4) is 0 Å². The summed E-state index contributed by atoms with van der Waals surface area (Å²) in [5.74, 6) is 0.108. The zero-order chi connectivity index (χ0) is 15.8. The predicted octanol–water partition coefficient (Wildman–Crippen LogP) is 4.99. The molecule has 0 N–H and O–H groups in total. The first-order valence-electron chi connectivity index (χ1n) is 8.55. The quantitative estimate of drug-likeness (QED) is 0.258. The van der Waals surface area contributed by atoms with Gasteiger partial charge in [0.15, 0.2) is 0 Å². The summed E-state index contributed by atoms with van der Waals surface area (Å²) in [5, 5.41) is 0. The molecular weight excluding hydrogens is 264 g/mol. The third-order valence-electron chi connectivity index (χ3n) is 3.43. The number of unbranched alkanes of at least 4 members (excludes halogenated alkanes) is 7. The molecule has 3 heteroatoms. The van der Waals surface area contributed by atoms with Crippen LogP contribution in [-0.2, 0) is 14.3 Å². The van der Waals surface area contributed by atoms with Crippen LogP contribution in [0.4, 0.5) is 0 Å². The molecule has 0 aliphatic heterocycles. The van der Waals surface area contributed by atoms with E-state index in [-0.39, 0.29) is 5.97 Å². The number of hydrogen-bond acceptors (Lipinski definition) is 3. The van der Waals surface area contributed by atoms with Gasteiger partial charge in [0, 0.05) is 18.9 Å². The fourth-order valence-electron chi connectivity index (χ4n) is 2.18. The van der Waals surface area contributed by atoms with Gasteiger partial charge in [0.05, 0.1) is 6.61 Å². The summed E-state index contributed by atoms with van der Waals surface area (Å²) in [4.78, 5) is 22.7. The maximum Gasteiger partial charge on any atom is 0.330 e. The zero-order valence-electron chi connectivity index (χ0n) is 13.9. The molecule has 0 heterocycles. The Hall–Kier alpha value is -1.12. The molecule has 3 nitrogen and oxygen atoms in total. The maximum absolute atomic E-state index is 11.7. The summed E-state index contributed by atoms with van der Waals surface area (Å²) < 4.78 is 4.79. The van der Waals surface area contributed by atoms with E-state index in [0.717, 1.165) is 32.1 Å². The minimum atomic E-state index is -0.281. The second-order valence-electron chi connectivity index (χ2n) is 5.46. The van der Waals surface area contributed by atoms with E-state index in [2.05, 4.69) is 6.92 Å². The molecule has 0 aromatic rings. The summed E-state index contributed by atoms with van der Waals surface area (Å²) in [6.07, 6.45) is 14.8. The molecule has 0 aliphatic rings. The highest BCUT2D eigenvalue weighted by Crippen LogP contribution is 2.10. The zero-order valence-corrected chi connectivity index (χ0v) is 13.9. The number of allylic oxidation sites excluding steroid dienone is 1. The maximum atomic E-state index is 11.7. The van der Waals surface area contributed by atoms with Crippen LogP contribution in [0.25, 0.3) is 0 Å². The summed E-state index contributed by atoms with van der Waals surface area (Å²) >= 11 is 0. The van der Waals surface area contributed by atoms with Crippen molar-refractivity contribution in [3.8, 4) is 0 Å². The fourth-order valence-corrected chi connectivity index (χ4v) is 2.18. The van der Waals surface area contributed by atoms with E-state index in [1.165, 1.54) is 38.2 Å². The highest BCUT2D eigenvalue weighted by molar-refractivity contribution is 5.81. The van der Waals surface area contributed by atoms with Gasteiger partial charge in [-0.05, 0) is 32.6 Å². The lowest BCUT2D eigenvalue weighted by atomic mass is 10.0. The van der Waals surface area contributed by atoms with Crippen molar-refractivity contribution >= 4 is 11.8 Å². The Morgan fingerprint density at radius 3 is 2.14 bits per heavy atom. The number of ketones is 1. The van der Waals surface area contributed by atoms with Gasteiger partial charge in [0.2, 0.25) is 0 Å². The molecule has 0 saturated carbocycles. The Morgan fingerprint density at radius 2 is 1.48 bits per heavy atom. The largest absolute Gasteiger partial charge is 0.463 e. The highest BCUT2D eigenvalue weighted by atomic mass is 16.5. The van der Waals surface area contributed by atoms with Gasteiger partial charge in [-0.3, -0.25) is 4.79 Å². The molecule has 0 amide bonds. The lowest BCUT2D eigenvalue weighted by molar-refractivity contribution is -0.137. The van der Waals surface area contributed by atoms with Crippen LogP contribution in [0.2, 0.25) is 0 Å². The molecule has 21 heavy (non-hydrogen) atoms. The van der Waals surface area contributed by atoms with Crippen LogP contribution in [-0.4, -0.2) is 18.4 Å². The van der Waals surface area contributed by atoms with Crippen LogP contribution >= 0.6 is 0 Å². The Balaban J connectivity index is 3.35. The first kappa shape index (κ1) is 19.9. The molecule has 0 bridgehead atoms. The number of rotatable bonds is 14. The topological polar surface area (TPSA) is 43.4 Å². The smallest absolute Gasteiger partial charge is 0.330 e. The molecule has 0 spiro atoms. The molecule has 0 saturated heterocycles. The first-order valence-corrected chi connectivity index (χ1v) is 8.55. The standard InChI is InChI=1S/C18H32O3/c1-3-5-6-7-8-11-14-17(19)15-12-9-10-13-16-18(20)21-4-2/h13,16H,3-12,14-15H2,1-2H3. The van der Waals surface area contributed by atoms with Crippen LogP contribution in [0.1, 0.15) is 84.5 Å². The summed E-state index contributed by atoms with van der Waals surface area (Å²) in [5.41, 5.74) is 0. The van der Waals surface area contributed by atoms with E-state index in [4.69, 9.17) is 4.74 Å². The number of carbonyl (C=O) groups is 2. The van der Waals surface area contributed by atoms with Crippen molar-refractivity contribution in [1.82, 2.24) is 0 Å². The molecule has 0 fully saturated rings. The van der Waals surface area contributed by atoms with E-state index >= 15 is 0 Å². The van der Waals surface area contributed by atoms with Gasteiger partial charge >= 0.3 is 5.97 Å². The van der Waals surface area contributed by atoms with Crippen molar-refractivity contribution < 1.29 is 14.3 Å². The van der Waals surface area contributed by atoms with Crippen LogP contribution in [0.5, 0.6) is 0 Å². The van der Waals surface area contributed by atoms with Gasteiger partial charge < -0.3 is 4.74 Å². The van der Waals surface area contributed by atoms with Crippen LogP contribution in [0, 0.1) is 0 Å². The predicted molar refractivity (Wildman–Crippen MR) is 87.2 cm³/mol. The molecule has 122 valence electrons. The average molecular weight is 296 g/mol. The van der Waals surface area contributed by atoms with E-state index in [0.29, 0.717) is 18.8 Å². The van der Waals surface area contributed by atoms with Crippen molar-refractivity contribution in [3.05, 3.63) is 12.2 Å². The Bertz CT molecular complexity index is 295. The van der Waals surface area contributed by atoms with Gasteiger partial charge in [-0.1, -0.05) is 45.1 Å². The van der Waals surface area contributed by atoms with Gasteiger partial charge in [0.1, 0.15) is 5.78 Å². The van der Waals surface area contributed by atoms with Gasteiger partial charge in [-0.15, -0.1) is 0 Å². The Kier molecular flexibility index (Phi) is 14.5. The van der Waals surface area contributed by atoms with E-state index in [1.807, 2.05) is 6.08 Å².